The SMILES string of the molecule is CCCCC[C@@H](C)NC(=O)c1ccc([N+](=O)[O-])c(C)c1. The van der Waals surface area contributed by atoms with Crippen LogP contribution >= 0.6 is 0 Å². The van der Waals surface area contributed by atoms with Crippen LogP contribution in [0.5, 0.6) is 0 Å². The molecule has 110 valence electrons. The first kappa shape index (κ1) is 16.1. The maximum atomic E-state index is 12.0. The number of hydrogen-bond acceptors (Lipinski definition) is 3. The Kier molecular flexibility index (Phi) is 6.15. The Labute approximate surface area is 119 Å². The average Bonchev–Trinajstić information content (AvgIpc) is 2.38. The molecule has 0 aromatic heterocycles. The summed E-state index contributed by atoms with van der Waals surface area (Å²) >= 11 is 0. The van der Waals surface area contributed by atoms with Gasteiger partial charge in [0, 0.05) is 23.2 Å². The number of benzene rings is 1. The van der Waals surface area contributed by atoms with Crippen LogP contribution in [0.4, 0.5) is 5.69 Å². The summed E-state index contributed by atoms with van der Waals surface area (Å²) in [6, 6.07) is 4.56. The number of amides is 1. The Morgan fingerprint density at radius 3 is 2.65 bits per heavy atom. The second kappa shape index (κ2) is 7.62. The lowest BCUT2D eigenvalue weighted by Crippen LogP contribution is -2.32. The standard InChI is InChI=1S/C15H22N2O3/c1-4-5-6-7-12(3)16-15(18)13-8-9-14(17(19)20)11(2)10-13/h8-10,12H,4-7H2,1-3H3,(H,16,18)/t12-/m1/s1. The Morgan fingerprint density at radius 1 is 1.40 bits per heavy atom. The number of nitrogens with zero attached hydrogens (tertiary/aromatic N) is 1. The van der Waals surface area contributed by atoms with E-state index in [1.807, 2.05) is 6.92 Å². The maximum absolute atomic E-state index is 12.0. The van der Waals surface area contributed by atoms with E-state index in [1.54, 1.807) is 13.0 Å². The number of nitro groups is 1. The molecule has 20 heavy (non-hydrogen) atoms. The van der Waals surface area contributed by atoms with Crippen LogP contribution in [0.2, 0.25) is 0 Å². The molecule has 1 aromatic carbocycles. The van der Waals surface area contributed by atoms with Gasteiger partial charge in [-0.05, 0) is 32.4 Å². The zero-order valence-corrected chi connectivity index (χ0v) is 12.3. The quantitative estimate of drug-likeness (QED) is 0.470. The number of nitrogens with one attached hydrogen (secondary N) is 1. The van der Waals surface area contributed by atoms with Gasteiger partial charge in [0.15, 0.2) is 0 Å². The average molecular weight is 278 g/mol. The van der Waals surface area contributed by atoms with Gasteiger partial charge < -0.3 is 5.32 Å². The van der Waals surface area contributed by atoms with E-state index in [2.05, 4.69) is 12.2 Å². The number of carbonyl (C=O) groups excluding carboxylic acids is 1. The second-order valence-electron chi connectivity index (χ2n) is 5.13. The molecule has 0 saturated heterocycles. The molecule has 0 spiro atoms. The van der Waals surface area contributed by atoms with E-state index in [0.29, 0.717) is 11.1 Å². The lowest BCUT2D eigenvalue weighted by atomic mass is 10.1. The zero-order chi connectivity index (χ0) is 15.1. The van der Waals surface area contributed by atoms with E-state index in [-0.39, 0.29) is 17.6 Å². The molecular weight excluding hydrogens is 256 g/mol. The van der Waals surface area contributed by atoms with Gasteiger partial charge in [-0.3, -0.25) is 14.9 Å². The van der Waals surface area contributed by atoms with Crippen molar-refractivity contribution in [1.82, 2.24) is 5.32 Å². The molecule has 5 heteroatoms. The summed E-state index contributed by atoms with van der Waals surface area (Å²) in [5.74, 6) is -0.174. The molecular formula is C15H22N2O3. The van der Waals surface area contributed by atoms with Crippen molar-refractivity contribution >= 4 is 11.6 Å². The first-order valence-corrected chi connectivity index (χ1v) is 7.01. The molecule has 0 heterocycles. The minimum absolute atomic E-state index is 0.0394. The van der Waals surface area contributed by atoms with E-state index in [1.165, 1.54) is 12.1 Å². The molecule has 0 bridgehead atoms. The van der Waals surface area contributed by atoms with Gasteiger partial charge in [0.2, 0.25) is 0 Å². The van der Waals surface area contributed by atoms with E-state index >= 15 is 0 Å². The number of carbonyl (C=O) groups is 1. The van der Waals surface area contributed by atoms with Crippen LogP contribution < -0.4 is 5.32 Å². The highest BCUT2D eigenvalue weighted by Crippen LogP contribution is 2.18. The van der Waals surface area contributed by atoms with Gasteiger partial charge >= 0.3 is 0 Å². The van der Waals surface area contributed by atoms with Gasteiger partial charge in [0.1, 0.15) is 0 Å². The lowest BCUT2D eigenvalue weighted by Gasteiger charge is -2.13. The molecule has 0 aliphatic heterocycles. The summed E-state index contributed by atoms with van der Waals surface area (Å²) in [4.78, 5) is 22.3. The van der Waals surface area contributed by atoms with Crippen molar-refractivity contribution in [2.45, 2.75) is 52.5 Å². The Bertz CT molecular complexity index is 486. The Morgan fingerprint density at radius 2 is 2.10 bits per heavy atom. The van der Waals surface area contributed by atoms with Gasteiger partial charge in [-0.2, -0.15) is 0 Å². The minimum atomic E-state index is -0.440. The number of unbranched alkanes of at least 4 members (excludes halogenated alkanes) is 2. The number of hydrogen-bond donors (Lipinski definition) is 1. The van der Waals surface area contributed by atoms with E-state index < -0.39 is 4.92 Å². The molecule has 1 amide bonds. The molecule has 5 nitrogen and oxygen atoms in total. The largest absolute Gasteiger partial charge is 0.350 e. The number of rotatable bonds is 7. The molecule has 0 aliphatic carbocycles. The predicted octanol–water partition coefficient (Wildman–Crippen LogP) is 3.60. The molecule has 0 radical (unpaired) electrons. The van der Waals surface area contributed by atoms with Crippen LogP contribution in [0.1, 0.15) is 55.5 Å². The second-order valence-corrected chi connectivity index (χ2v) is 5.13. The number of aryl methyl sites for hydroxylation is 1. The summed E-state index contributed by atoms with van der Waals surface area (Å²) < 4.78 is 0. The van der Waals surface area contributed by atoms with Crippen LogP contribution in [-0.4, -0.2) is 16.9 Å². The van der Waals surface area contributed by atoms with Gasteiger partial charge in [0.05, 0.1) is 4.92 Å². The molecule has 0 unspecified atom stereocenters. The highest BCUT2D eigenvalue weighted by Gasteiger charge is 2.14. The molecule has 1 N–H and O–H groups in total. The van der Waals surface area contributed by atoms with E-state index in [0.717, 1.165) is 25.7 Å². The smallest absolute Gasteiger partial charge is 0.272 e. The Balaban J connectivity index is 2.64. The normalized spacial score (nSPS) is 11.9. The Hall–Kier alpha value is -1.91. The lowest BCUT2D eigenvalue weighted by molar-refractivity contribution is -0.385. The first-order chi connectivity index (χ1) is 9.45. The fourth-order valence-electron chi connectivity index (χ4n) is 2.08. The highest BCUT2D eigenvalue weighted by molar-refractivity contribution is 5.94. The summed E-state index contributed by atoms with van der Waals surface area (Å²) in [6.45, 7) is 5.76. The topological polar surface area (TPSA) is 72.2 Å². The van der Waals surface area contributed by atoms with Gasteiger partial charge in [0.25, 0.3) is 11.6 Å². The third kappa shape index (κ3) is 4.64. The van der Waals surface area contributed by atoms with Crippen LogP contribution in [0.3, 0.4) is 0 Å². The van der Waals surface area contributed by atoms with E-state index in [4.69, 9.17) is 0 Å². The summed E-state index contributed by atoms with van der Waals surface area (Å²) in [6.07, 6.45) is 4.36. The fraction of sp³-hybridized carbons (Fsp3) is 0.533. The summed E-state index contributed by atoms with van der Waals surface area (Å²) in [7, 11) is 0. The van der Waals surface area contributed by atoms with Crippen molar-refractivity contribution in [3.8, 4) is 0 Å². The van der Waals surface area contributed by atoms with Crippen LogP contribution in [-0.2, 0) is 0 Å². The number of nitro benzene ring substituents is 1. The van der Waals surface area contributed by atoms with E-state index in [9.17, 15) is 14.9 Å². The zero-order valence-electron chi connectivity index (χ0n) is 12.3. The van der Waals surface area contributed by atoms with Gasteiger partial charge in [-0.25, -0.2) is 0 Å². The predicted molar refractivity (Wildman–Crippen MR) is 78.9 cm³/mol. The summed E-state index contributed by atoms with van der Waals surface area (Å²) in [5.41, 5.74) is 1.01. The third-order valence-corrected chi connectivity index (χ3v) is 3.27. The van der Waals surface area contributed by atoms with Crippen molar-refractivity contribution < 1.29 is 9.72 Å². The molecule has 1 rings (SSSR count). The monoisotopic (exact) mass is 278 g/mol. The van der Waals surface area contributed by atoms with Crippen molar-refractivity contribution in [2.24, 2.45) is 0 Å². The molecule has 0 fully saturated rings. The van der Waals surface area contributed by atoms with Crippen LogP contribution in [0, 0.1) is 17.0 Å². The first-order valence-electron chi connectivity index (χ1n) is 7.01. The fourth-order valence-corrected chi connectivity index (χ4v) is 2.08. The summed E-state index contributed by atoms with van der Waals surface area (Å²) in [5, 5.41) is 13.7. The third-order valence-electron chi connectivity index (χ3n) is 3.27. The van der Waals surface area contributed by atoms with Crippen molar-refractivity contribution in [2.75, 3.05) is 0 Å². The minimum Gasteiger partial charge on any atom is -0.350 e. The maximum Gasteiger partial charge on any atom is 0.272 e. The van der Waals surface area contributed by atoms with Crippen molar-refractivity contribution in [1.29, 1.82) is 0 Å². The van der Waals surface area contributed by atoms with Crippen molar-refractivity contribution in [3.63, 3.8) is 0 Å². The van der Waals surface area contributed by atoms with Gasteiger partial charge in [-0.15, -0.1) is 0 Å². The van der Waals surface area contributed by atoms with Crippen LogP contribution in [0.25, 0.3) is 0 Å². The van der Waals surface area contributed by atoms with Crippen LogP contribution in [0.15, 0.2) is 18.2 Å². The van der Waals surface area contributed by atoms with Gasteiger partial charge in [-0.1, -0.05) is 26.2 Å². The highest BCUT2D eigenvalue weighted by atomic mass is 16.6. The molecule has 0 saturated carbocycles. The molecule has 1 atom stereocenters. The van der Waals surface area contributed by atoms with Crippen molar-refractivity contribution in [3.05, 3.63) is 39.4 Å². The molecule has 1 aromatic rings. The molecule has 0 aliphatic rings.